The Hall–Kier alpha value is -1.68. The Kier molecular flexibility index (Phi) is 4.30. The minimum absolute atomic E-state index is 0.138. The van der Waals surface area contributed by atoms with Crippen molar-refractivity contribution in [2.75, 3.05) is 6.54 Å². The van der Waals surface area contributed by atoms with E-state index in [-0.39, 0.29) is 11.9 Å². The van der Waals surface area contributed by atoms with Gasteiger partial charge in [0.25, 0.3) is 5.91 Å². The fraction of sp³-hybridized carbons (Fsp3) is 0.444. The maximum Gasteiger partial charge on any atom is 0.266 e. The van der Waals surface area contributed by atoms with E-state index in [9.17, 15) is 4.79 Å². The van der Waals surface area contributed by atoms with Crippen LogP contribution < -0.4 is 0 Å². The van der Waals surface area contributed by atoms with Gasteiger partial charge in [-0.05, 0) is 38.7 Å². The predicted molar refractivity (Wildman–Crippen MR) is 90.4 cm³/mol. The highest BCUT2D eigenvalue weighted by atomic mass is 32.1. The van der Waals surface area contributed by atoms with Crippen molar-refractivity contribution in [2.24, 2.45) is 0 Å². The highest BCUT2D eigenvalue weighted by Gasteiger charge is 2.31. The summed E-state index contributed by atoms with van der Waals surface area (Å²) in [6.45, 7) is 7.15. The lowest BCUT2D eigenvalue weighted by Crippen LogP contribution is -2.30. The van der Waals surface area contributed by atoms with E-state index >= 15 is 0 Å². The number of benzene rings is 1. The van der Waals surface area contributed by atoms with Crippen LogP contribution in [0.3, 0.4) is 0 Å². The molecule has 1 aliphatic rings. The van der Waals surface area contributed by atoms with E-state index in [0.29, 0.717) is 0 Å². The van der Waals surface area contributed by atoms with Gasteiger partial charge in [0, 0.05) is 6.54 Å². The molecular weight excluding hydrogens is 292 g/mol. The smallest absolute Gasteiger partial charge is 0.266 e. The molecule has 0 radical (unpaired) electrons. The lowest BCUT2D eigenvalue weighted by molar-refractivity contribution is 0.0740. The summed E-state index contributed by atoms with van der Waals surface area (Å²) in [5.74, 6) is 0.138. The maximum absolute atomic E-state index is 12.8. The second-order valence-electron chi connectivity index (χ2n) is 6.05. The minimum atomic E-state index is 0.138. The van der Waals surface area contributed by atoms with Crippen LogP contribution >= 0.6 is 11.3 Å². The number of nitrogens with zero attached hydrogens (tertiary/aromatic N) is 2. The molecule has 0 N–H and O–H groups in total. The van der Waals surface area contributed by atoms with Crippen molar-refractivity contribution in [1.29, 1.82) is 0 Å². The Bertz CT molecular complexity index is 672. The summed E-state index contributed by atoms with van der Waals surface area (Å²) < 4.78 is 0. The van der Waals surface area contributed by atoms with Crippen molar-refractivity contribution in [3.8, 4) is 0 Å². The molecule has 4 heteroatoms. The maximum atomic E-state index is 12.8. The molecule has 3 nitrogen and oxygen atoms in total. The lowest BCUT2D eigenvalue weighted by atomic mass is 9.99. The topological polar surface area (TPSA) is 33.2 Å². The molecule has 3 rings (SSSR count). The molecule has 1 atom stereocenters. The van der Waals surface area contributed by atoms with Gasteiger partial charge in [0.05, 0.1) is 17.2 Å². The fourth-order valence-corrected chi connectivity index (χ4v) is 4.09. The number of thiazole rings is 1. The molecule has 2 heterocycles. The Morgan fingerprint density at radius 1 is 1.32 bits per heavy atom. The van der Waals surface area contributed by atoms with Crippen molar-refractivity contribution in [2.45, 2.75) is 46.1 Å². The lowest BCUT2D eigenvalue weighted by Gasteiger charge is -2.25. The summed E-state index contributed by atoms with van der Waals surface area (Å²) in [5.41, 5.74) is 3.80. The van der Waals surface area contributed by atoms with Crippen LogP contribution in [0, 0.1) is 13.8 Å². The fourth-order valence-electron chi connectivity index (χ4n) is 3.27. The average Bonchev–Trinajstić information content (AvgIpc) is 3.14. The van der Waals surface area contributed by atoms with Gasteiger partial charge in [-0.2, -0.15) is 0 Å². The van der Waals surface area contributed by atoms with Crippen LogP contribution in [-0.2, 0) is 6.42 Å². The van der Waals surface area contributed by atoms with Crippen molar-refractivity contribution in [3.05, 3.63) is 51.0 Å². The first-order chi connectivity index (χ1) is 10.6. The van der Waals surface area contributed by atoms with Gasteiger partial charge in [0.15, 0.2) is 0 Å². The quantitative estimate of drug-likeness (QED) is 0.846. The minimum Gasteiger partial charge on any atom is -0.331 e. The Balaban J connectivity index is 1.87. The summed E-state index contributed by atoms with van der Waals surface area (Å²) in [6.07, 6.45) is 4.75. The van der Waals surface area contributed by atoms with E-state index in [0.717, 1.165) is 35.7 Å². The van der Waals surface area contributed by atoms with E-state index in [2.05, 4.69) is 44.0 Å². The molecule has 0 saturated carbocycles. The molecule has 1 fully saturated rings. The second-order valence-corrected chi connectivity index (χ2v) is 7.16. The molecule has 1 aromatic carbocycles. The standard InChI is InChI=1S/C18H22N2OS/c1-4-17-19-11-16(22-17)18(21)20-7-5-6-15(20)14-9-12(2)8-13(3)10-14/h8-11,15H,4-7H2,1-3H3. The molecule has 1 amide bonds. The SMILES string of the molecule is CCc1ncc(C(=O)N2CCCC2c2cc(C)cc(C)c2)s1. The zero-order valence-electron chi connectivity index (χ0n) is 13.4. The molecular formula is C18H22N2OS. The van der Waals surface area contributed by atoms with E-state index < -0.39 is 0 Å². The van der Waals surface area contributed by atoms with Gasteiger partial charge in [-0.1, -0.05) is 36.2 Å². The highest BCUT2D eigenvalue weighted by molar-refractivity contribution is 7.13. The normalized spacial score (nSPS) is 18.0. The number of aryl methyl sites for hydroxylation is 3. The van der Waals surface area contributed by atoms with Gasteiger partial charge in [-0.25, -0.2) is 4.98 Å². The molecule has 0 bridgehead atoms. The first kappa shape index (κ1) is 15.2. The summed E-state index contributed by atoms with van der Waals surface area (Å²) in [7, 11) is 0. The summed E-state index contributed by atoms with van der Waals surface area (Å²) in [5, 5.41) is 1.03. The molecule has 22 heavy (non-hydrogen) atoms. The van der Waals surface area contributed by atoms with Gasteiger partial charge in [-0.15, -0.1) is 11.3 Å². The molecule has 2 aromatic rings. The van der Waals surface area contributed by atoms with E-state index in [4.69, 9.17) is 0 Å². The van der Waals surface area contributed by atoms with Crippen LogP contribution in [0.25, 0.3) is 0 Å². The summed E-state index contributed by atoms with van der Waals surface area (Å²) in [4.78, 5) is 20.0. The summed E-state index contributed by atoms with van der Waals surface area (Å²) >= 11 is 1.53. The van der Waals surface area contributed by atoms with E-state index in [1.165, 1.54) is 28.0 Å². The number of carbonyl (C=O) groups excluding carboxylic acids is 1. The third-order valence-corrected chi connectivity index (χ3v) is 5.34. The van der Waals surface area contributed by atoms with E-state index in [1.54, 1.807) is 6.20 Å². The van der Waals surface area contributed by atoms with Gasteiger partial charge in [-0.3, -0.25) is 4.79 Å². The Morgan fingerprint density at radius 3 is 2.68 bits per heavy atom. The number of likely N-dealkylation sites (tertiary alicyclic amines) is 1. The first-order valence-electron chi connectivity index (χ1n) is 7.92. The van der Waals surface area contributed by atoms with Crippen molar-refractivity contribution >= 4 is 17.2 Å². The van der Waals surface area contributed by atoms with Crippen LogP contribution in [0.1, 0.15) is 57.2 Å². The largest absolute Gasteiger partial charge is 0.331 e. The molecule has 0 spiro atoms. The number of hydrogen-bond acceptors (Lipinski definition) is 3. The molecule has 1 aromatic heterocycles. The number of rotatable bonds is 3. The predicted octanol–water partition coefficient (Wildman–Crippen LogP) is 4.30. The van der Waals surface area contributed by atoms with Gasteiger partial charge in [0.2, 0.25) is 0 Å². The zero-order valence-corrected chi connectivity index (χ0v) is 14.2. The first-order valence-corrected chi connectivity index (χ1v) is 8.74. The van der Waals surface area contributed by atoms with Crippen molar-refractivity contribution in [3.63, 3.8) is 0 Å². The van der Waals surface area contributed by atoms with Crippen molar-refractivity contribution < 1.29 is 4.79 Å². The van der Waals surface area contributed by atoms with Gasteiger partial charge >= 0.3 is 0 Å². The number of aromatic nitrogens is 1. The van der Waals surface area contributed by atoms with Crippen LogP contribution in [0.15, 0.2) is 24.4 Å². The summed E-state index contributed by atoms with van der Waals surface area (Å²) in [6, 6.07) is 6.82. The Morgan fingerprint density at radius 2 is 2.05 bits per heavy atom. The monoisotopic (exact) mass is 314 g/mol. The third kappa shape index (κ3) is 2.93. The van der Waals surface area contributed by atoms with Crippen LogP contribution in [0.4, 0.5) is 0 Å². The van der Waals surface area contributed by atoms with Crippen LogP contribution in [0.2, 0.25) is 0 Å². The van der Waals surface area contributed by atoms with Gasteiger partial charge < -0.3 is 4.90 Å². The number of carbonyl (C=O) groups is 1. The molecule has 1 unspecified atom stereocenters. The molecule has 0 aliphatic carbocycles. The van der Waals surface area contributed by atoms with Crippen LogP contribution in [0.5, 0.6) is 0 Å². The van der Waals surface area contributed by atoms with Crippen LogP contribution in [-0.4, -0.2) is 22.3 Å². The van der Waals surface area contributed by atoms with Gasteiger partial charge in [0.1, 0.15) is 4.88 Å². The molecule has 1 saturated heterocycles. The number of amides is 1. The van der Waals surface area contributed by atoms with E-state index in [1.807, 2.05) is 4.90 Å². The van der Waals surface area contributed by atoms with Crippen molar-refractivity contribution in [1.82, 2.24) is 9.88 Å². The second kappa shape index (κ2) is 6.21. The third-order valence-electron chi connectivity index (χ3n) is 4.21. The highest BCUT2D eigenvalue weighted by Crippen LogP contribution is 2.34. The Labute approximate surface area is 136 Å². The average molecular weight is 314 g/mol. The molecule has 1 aliphatic heterocycles. The zero-order chi connectivity index (χ0) is 15.7. The number of hydrogen-bond donors (Lipinski definition) is 0. The molecule has 116 valence electrons.